The first kappa shape index (κ1) is 12.1. The first-order chi connectivity index (χ1) is 8.31. The Labute approximate surface area is 102 Å². The largest absolute Gasteiger partial charge is 0.469 e. The van der Waals surface area contributed by atoms with Crippen molar-refractivity contribution in [3.05, 3.63) is 35.9 Å². The van der Waals surface area contributed by atoms with Crippen LogP contribution in [0, 0.1) is 11.8 Å². The Morgan fingerprint density at radius 1 is 1.41 bits per heavy atom. The highest BCUT2D eigenvalue weighted by Crippen LogP contribution is 2.24. The Kier molecular flexibility index (Phi) is 4.15. The standard InChI is InChI=1S/C14H19NO2/c1-17-14(16)13-10-15-8-7-12(13)9-11-5-3-2-4-6-11/h2-6,12-13,15H,7-10H2,1H3. The van der Waals surface area contributed by atoms with E-state index in [2.05, 4.69) is 17.4 Å². The molecule has 1 N–H and O–H groups in total. The normalized spacial score (nSPS) is 24.3. The SMILES string of the molecule is COC(=O)C1CNCCC1Cc1ccccc1. The van der Waals surface area contributed by atoms with E-state index in [1.165, 1.54) is 12.7 Å². The van der Waals surface area contributed by atoms with Crippen molar-refractivity contribution in [3.8, 4) is 0 Å². The van der Waals surface area contributed by atoms with Crippen LogP contribution in [-0.2, 0) is 16.0 Å². The smallest absolute Gasteiger partial charge is 0.310 e. The Morgan fingerprint density at radius 3 is 2.88 bits per heavy atom. The maximum Gasteiger partial charge on any atom is 0.310 e. The number of ether oxygens (including phenoxy) is 1. The second-order valence-electron chi connectivity index (χ2n) is 4.57. The van der Waals surface area contributed by atoms with E-state index in [-0.39, 0.29) is 11.9 Å². The first-order valence-electron chi connectivity index (χ1n) is 6.13. The number of rotatable bonds is 3. The van der Waals surface area contributed by atoms with E-state index >= 15 is 0 Å². The molecule has 1 fully saturated rings. The number of carbonyl (C=O) groups excluding carboxylic acids is 1. The molecule has 1 saturated heterocycles. The summed E-state index contributed by atoms with van der Waals surface area (Å²) in [7, 11) is 1.47. The molecule has 2 rings (SSSR count). The third-order valence-corrected chi connectivity index (χ3v) is 3.47. The molecule has 1 aliphatic heterocycles. The zero-order valence-electron chi connectivity index (χ0n) is 10.2. The van der Waals surface area contributed by atoms with Gasteiger partial charge in [-0.3, -0.25) is 4.79 Å². The molecule has 0 aliphatic carbocycles. The molecule has 1 heterocycles. The first-order valence-corrected chi connectivity index (χ1v) is 6.13. The van der Waals surface area contributed by atoms with Crippen molar-refractivity contribution in [1.82, 2.24) is 5.32 Å². The molecule has 2 atom stereocenters. The molecule has 0 amide bonds. The van der Waals surface area contributed by atoms with Crippen molar-refractivity contribution < 1.29 is 9.53 Å². The number of esters is 1. The lowest BCUT2D eigenvalue weighted by Crippen LogP contribution is -2.42. The van der Waals surface area contributed by atoms with E-state index < -0.39 is 0 Å². The van der Waals surface area contributed by atoms with Gasteiger partial charge in [0, 0.05) is 6.54 Å². The maximum absolute atomic E-state index is 11.7. The van der Waals surface area contributed by atoms with Gasteiger partial charge < -0.3 is 10.1 Å². The summed E-state index contributed by atoms with van der Waals surface area (Å²) in [4.78, 5) is 11.7. The van der Waals surface area contributed by atoms with Crippen molar-refractivity contribution in [1.29, 1.82) is 0 Å². The van der Waals surface area contributed by atoms with Gasteiger partial charge in [-0.25, -0.2) is 0 Å². The van der Waals surface area contributed by atoms with Crippen molar-refractivity contribution in [3.63, 3.8) is 0 Å². The fraction of sp³-hybridized carbons (Fsp3) is 0.500. The van der Waals surface area contributed by atoms with Crippen molar-refractivity contribution in [2.24, 2.45) is 11.8 Å². The Balaban J connectivity index is 2.04. The number of piperidine rings is 1. The van der Waals surface area contributed by atoms with E-state index in [1.807, 2.05) is 18.2 Å². The van der Waals surface area contributed by atoms with Crippen LogP contribution in [0.1, 0.15) is 12.0 Å². The quantitative estimate of drug-likeness (QED) is 0.806. The van der Waals surface area contributed by atoms with Gasteiger partial charge in [0.25, 0.3) is 0 Å². The van der Waals surface area contributed by atoms with Crippen molar-refractivity contribution in [2.45, 2.75) is 12.8 Å². The lowest BCUT2D eigenvalue weighted by molar-refractivity contribution is -0.148. The molecule has 3 nitrogen and oxygen atoms in total. The summed E-state index contributed by atoms with van der Waals surface area (Å²) >= 11 is 0. The minimum Gasteiger partial charge on any atom is -0.469 e. The molecule has 3 heteroatoms. The van der Waals surface area contributed by atoms with Gasteiger partial charge in [0.1, 0.15) is 0 Å². The topological polar surface area (TPSA) is 38.3 Å². The monoisotopic (exact) mass is 233 g/mol. The summed E-state index contributed by atoms with van der Waals surface area (Å²) in [5.41, 5.74) is 1.30. The third kappa shape index (κ3) is 3.07. The molecule has 0 radical (unpaired) electrons. The molecule has 92 valence electrons. The van der Waals surface area contributed by atoms with Gasteiger partial charge in [0.05, 0.1) is 13.0 Å². The van der Waals surface area contributed by atoms with Crippen LogP contribution < -0.4 is 5.32 Å². The summed E-state index contributed by atoms with van der Waals surface area (Å²) in [5.74, 6) is 0.304. The van der Waals surface area contributed by atoms with Gasteiger partial charge in [0.2, 0.25) is 0 Å². The predicted molar refractivity (Wildman–Crippen MR) is 66.6 cm³/mol. The van der Waals surface area contributed by atoms with Gasteiger partial charge in [-0.15, -0.1) is 0 Å². The molecular weight excluding hydrogens is 214 g/mol. The molecular formula is C14H19NO2. The fourth-order valence-corrected chi connectivity index (χ4v) is 2.50. The van der Waals surface area contributed by atoms with Crippen LogP contribution in [-0.4, -0.2) is 26.2 Å². The van der Waals surface area contributed by atoms with Crippen LogP contribution in [0.5, 0.6) is 0 Å². The van der Waals surface area contributed by atoms with Crippen LogP contribution in [0.4, 0.5) is 0 Å². The highest BCUT2D eigenvalue weighted by molar-refractivity contribution is 5.73. The second kappa shape index (κ2) is 5.82. The zero-order valence-corrected chi connectivity index (χ0v) is 10.2. The van der Waals surface area contributed by atoms with Gasteiger partial charge >= 0.3 is 5.97 Å². The summed E-state index contributed by atoms with van der Waals surface area (Å²) < 4.78 is 4.88. The third-order valence-electron chi connectivity index (χ3n) is 3.47. The van der Waals surface area contributed by atoms with Crippen LogP contribution in [0.2, 0.25) is 0 Å². The molecule has 17 heavy (non-hydrogen) atoms. The fourth-order valence-electron chi connectivity index (χ4n) is 2.50. The van der Waals surface area contributed by atoms with E-state index in [0.29, 0.717) is 5.92 Å². The molecule has 0 aromatic heterocycles. The van der Waals surface area contributed by atoms with E-state index in [0.717, 1.165) is 25.9 Å². The van der Waals surface area contributed by atoms with Gasteiger partial charge in [-0.2, -0.15) is 0 Å². The van der Waals surface area contributed by atoms with Gasteiger partial charge in [-0.05, 0) is 30.9 Å². The molecule has 0 bridgehead atoms. The molecule has 1 aromatic carbocycles. The molecule has 0 spiro atoms. The van der Waals surface area contributed by atoms with E-state index in [9.17, 15) is 4.79 Å². The zero-order chi connectivity index (χ0) is 12.1. The van der Waals surface area contributed by atoms with Crippen molar-refractivity contribution in [2.75, 3.05) is 20.2 Å². The Morgan fingerprint density at radius 2 is 2.18 bits per heavy atom. The maximum atomic E-state index is 11.7. The van der Waals surface area contributed by atoms with Crippen LogP contribution in [0.15, 0.2) is 30.3 Å². The lowest BCUT2D eigenvalue weighted by atomic mass is 9.82. The molecule has 1 aromatic rings. The predicted octanol–water partition coefficient (Wildman–Crippen LogP) is 1.63. The van der Waals surface area contributed by atoms with Crippen LogP contribution in [0.3, 0.4) is 0 Å². The number of benzene rings is 1. The minimum atomic E-state index is -0.0851. The summed E-state index contributed by atoms with van der Waals surface area (Å²) in [6.45, 7) is 1.73. The number of carbonyl (C=O) groups is 1. The number of methoxy groups -OCH3 is 1. The number of nitrogens with one attached hydrogen (secondary N) is 1. The minimum absolute atomic E-state index is 0.00560. The lowest BCUT2D eigenvalue weighted by Gasteiger charge is -2.30. The molecule has 1 aliphatic rings. The Bertz CT molecular complexity index is 364. The summed E-state index contributed by atoms with van der Waals surface area (Å²) in [6, 6.07) is 10.4. The highest BCUT2D eigenvalue weighted by Gasteiger charge is 2.31. The van der Waals surface area contributed by atoms with E-state index in [1.54, 1.807) is 0 Å². The average molecular weight is 233 g/mol. The van der Waals surface area contributed by atoms with Crippen LogP contribution in [0.25, 0.3) is 0 Å². The number of hydrogen-bond acceptors (Lipinski definition) is 3. The second-order valence-corrected chi connectivity index (χ2v) is 4.57. The number of hydrogen-bond donors (Lipinski definition) is 1. The van der Waals surface area contributed by atoms with Gasteiger partial charge in [-0.1, -0.05) is 30.3 Å². The van der Waals surface area contributed by atoms with E-state index in [4.69, 9.17) is 4.74 Å². The van der Waals surface area contributed by atoms with Crippen LogP contribution >= 0.6 is 0 Å². The summed E-state index contributed by atoms with van der Waals surface area (Å²) in [6.07, 6.45) is 2.00. The van der Waals surface area contributed by atoms with Crippen molar-refractivity contribution >= 4 is 5.97 Å². The molecule has 0 saturated carbocycles. The highest BCUT2D eigenvalue weighted by atomic mass is 16.5. The average Bonchev–Trinajstić information content (AvgIpc) is 2.40. The van der Waals surface area contributed by atoms with Gasteiger partial charge in [0.15, 0.2) is 0 Å². The molecule has 2 unspecified atom stereocenters. The Hall–Kier alpha value is -1.35. The summed E-state index contributed by atoms with van der Waals surface area (Å²) in [5, 5.41) is 3.26.